The Balaban J connectivity index is 1.48. The van der Waals surface area contributed by atoms with E-state index in [1.807, 2.05) is 48.5 Å². The molecule has 4 rings (SSSR count). The van der Waals surface area contributed by atoms with Crippen LogP contribution in [-0.2, 0) is 6.54 Å². The Morgan fingerprint density at radius 3 is 2.79 bits per heavy atom. The van der Waals surface area contributed by atoms with Gasteiger partial charge in [0.15, 0.2) is 0 Å². The maximum atomic E-state index is 12.3. The van der Waals surface area contributed by atoms with Gasteiger partial charge in [0.2, 0.25) is 11.8 Å². The molecule has 24 heavy (non-hydrogen) atoms. The van der Waals surface area contributed by atoms with Crippen molar-refractivity contribution in [3.05, 3.63) is 72.4 Å². The van der Waals surface area contributed by atoms with E-state index in [0.717, 1.165) is 11.1 Å². The first-order valence-electron chi connectivity index (χ1n) is 7.40. The van der Waals surface area contributed by atoms with Gasteiger partial charge in [-0.15, -0.1) is 10.2 Å². The van der Waals surface area contributed by atoms with Crippen LogP contribution in [0.5, 0.6) is 0 Å². The highest BCUT2D eigenvalue weighted by molar-refractivity contribution is 5.93. The lowest BCUT2D eigenvalue weighted by Gasteiger charge is -2.04. The largest absolute Gasteiger partial charge is 0.419 e. The van der Waals surface area contributed by atoms with Crippen molar-refractivity contribution in [2.24, 2.45) is 0 Å². The zero-order valence-corrected chi connectivity index (χ0v) is 12.6. The average molecular weight is 319 g/mol. The van der Waals surface area contributed by atoms with E-state index >= 15 is 0 Å². The molecule has 0 fully saturated rings. The molecule has 3 aromatic heterocycles. The smallest absolute Gasteiger partial charge is 0.270 e. The quantitative estimate of drug-likeness (QED) is 0.624. The second-order valence-electron chi connectivity index (χ2n) is 5.13. The molecule has 118 valence electrons. The first-order chi connectivity index (χ1) is 11.8. The molecule has 0 aliphatic heterocycles. The van der Waals surface area contributed by atoms with Gasteiger partial charge in [0.1, 0.15) is 5.69 Å². The highest BCUT2D eigenvalue weighted by Gasteiger charge is 2.13. The normalized spacial score (nSPS) is 10.8. The van der Waals surface area contributed by atoms with Crippen LogP contribution in [0.2, 0.25) is 0 Å². The van der Waals surface area contributed by atoms with E-state index in [1.54, 1.807) is 16.8 Å². The fraction of sp³-hybridized carbons (Fsp3) is 0.0588. The topological polar surface area (TPSA) is 85.3 Å². The summed E-state index contributed by atoms with van der Waals surface area (Å²) < 4.78 is 7.15. The Kier molecular flexibility index (Phi) is 3.51. The minimum atomic E-state index is -0.260. The summed E-state index contributed by atoms with van der Waals surface area (Å²) in [4.78, 5) is 12.3. The van der Waals surface area contributed by atoms with E-state index in [1.165, 1.54) is 0 Å². The average Bonchev–Trinajstić information content (AvgIpc) is 3.29. The Morgan fingerprint density at radius 2 is 1.92 bits per heavy atom. The zero-order chi connectivity index (χ0) is 16.4. The number of hydrogen-bond acceptors (Lipinski definition) is 5. The highest BCUT2D eigenvalue weighted by Crippen LogP contribution is 2.16. The van der Waals surface area contributed by atoms with Gasteiger partial charge in [-0.2, -0.15) is 5.10 Å². The summed E-state index contributed by atoms with van der Waals surface area (Å²) in [6, 6.07) is 16.7. The molecule has 0 aliphatic carbocycles. The van der Waals surface area contributed by atoms with Gasteiger partial charge in [-0.1, -0.05) is 24.3 Å². The summed E-state index contributed by atoms with van der Waals surface area (Å²) in [6.07, 6.45) is 1.65. The molecule has 0 saturated heterocycles. The van der Waals surface area contributed by atoms with Crippen LogP contribution in [0.1, 0.15) is 16.4 Å². The summed E-state index contributed by atoms with van der Waals surface area (Å²) in [5.74, 6) is 0.507. The Labute approximate surface area is 136 Å². The molecule has 0 spiro atoms. The van der Waals surface area contributed by atoms with Gasteiger partial charge in [0.05, 0.1) is 18.3 Å². The van der Waals surface area contributed by atoms with Crippen molar-refractivity contribution < 1.29 is 9.21 Å². The second kappa shape index (κ2) is 5.96. The van der Waals surface area contributed by atoms with Crippen molar-refractivity contribution in [3.63, 3.8) is 0 Å². The fourth-order valence-corrected chi connectivity index (χ4v) is 2.39. The first kappa shape index (κ1) is 14.1. The molecule has 0 saturated carbocycles. The molecule has 3 heterocycles. The predicted molar refractivity (Wildman–Crippen MR) is 86.1 cm³/mol. The van der Waals surface area contributed by atoms with Crippen molar-refractivity contribution >= 4 is 11.4 Å². The van der Waals surface area contributed by atoms with Gasteiger partial charge in [-0.05, 0) is 30.3 Å². The number of amides is 1. The number of aromatic nitrogens is 4. The number of carbonyl (C=O) groups excluding carboxylic acids is 1. The molecule has 0 radical (unpaired) electrons. The van der Waals surface area contributed by atoms with Gasteiger partial charge in [-0.25, -0.2) is 4.52 Å². The molecule has 7 heteroatoms. The van der Waals surface area contributed by atoms with Gasteiger partial charge in [0, 0.05) is 5.56 Å². The van der Waals surface area contributed by atoms with E-state index in [0.29, 0.717) is 17.5 Å². The number of hydrogen-bond donors (Lipinski definition) is 1. The van der Waals surface area contributed by atoms with Crippen LogP contribution in [0.25, 0.3) is 17.0 Å². The third-order valence-corrected chi connectivity index (χ3v) is 3.54. The Morgan fingerprint density at radius 1 is 1.04 bits per heavy atom. The molecule has 0 aliphatic rings. The summed E-state index contributed by atoms with van der Waals surface area (Å²) in [5.41, 5.74) is 2.14. The summed E-state index contributed by atoms with van der Waals surface area (Å²) >= 11 is 0. The highest BCUT2D eigenvalue weighted by atomic mass is 16.4. The molecule has 1 aromatic carbocycles. The minimum Gasteiger partial charge on any atom is -0.419 e. The van der Waals surface area contributed by atoms with Crippen molar-refractivity contribution in [1.82, 2.24) is 25.1 Å². The third-order valence-electron chi connectivity index (χ3n) is 3.54. The van der Waals surface area contributed by atoms with Crippen LogP contribution < -0.4 is 5.32 Å². The number of nitrogens with one attached hydrogen (secondary N) is 1. The van der Waals surface area contributed by atoms with Gasteiger partial charge >= 0.3 is 0 Å². The van der Waals surface area contributed by atoms with Crippen molar-refractivity contribution in [2.45, 2.75) is 6.54 Å². The lowest BCUT2D eigenvalue weighted by atomic mass is 10.2. The number of carbonyl (C=O) groups is 1. The number of fused-ring (bicyclic) bond motifs is 1. The molecule has 0 atom stereocenters. The SMILES string of the molecule is O=C(NCc1nnc(-c2ccccc2)o1)c1cccc2ccnn12. The van der Waals surface area contributed by atoms with E-state index in [-0.39, 0.29) is 12.5 Å². The van der Waals surface area contributed by atoms with Crippen molar-refractivity contribution in [1.29, 1.82) is 0 Å². The number of rotatable bonds is 4. The first-order valence-corrected chi connectivity index (χ1v) is 7.40. The van der Waals surface area contributed by atoms with Gasteiger partial charge < -0.3 is 9.73 Å². The molecule has 1 amide bonds. The summed E-state index contributed by atoms with van der Waals surface area (Å²) in [7, 11) is 0. The molecule has 1 N–H and O–H groups in total. The van der Waals surface area contributed by atoms with E-state index in [4.69, 9.17) is 4.42 Å². The van der Waals surface area contributed by atoms with Crippen LogP contribution in [0.4, 0.5) is 0 Å². The monoisotopic (exact) mass is 319 g/mol. The molecule has 0 unspecified atom stereocenters. The van der Waals surface area contributed by atoms with Crippen LogP contribution in [0.15, 0.2) is 65.2 Å². The van der Waals surface area contributed by atoms with Crippen LogP contribution in [0, 0.1) is 0 Å². The third kappa shape index (κ3) is 2.63. The van der Waals surface area contributed by atoms with E-state index in [2.05, 4.69) is 20.6 Å². The van der Waals surface area contributed by atoms with Crippen LogP contribution in [0.3, 0.4) is 0 Å². The predicted octanol–water partition coefficient (Wildman–Crippen LogP) is 2.31. The van der Waals surface area contributed by atoms with Gasteiger partial charge in [0.25, 0.3) is 5.91 Å². The summed E-state index contributed by atoms with van der Waals surface area (Å²) in [6.45, 7) is 0.149. The Bertz CT molecular complexity index is 990. The molecule has 0 bridgehead atoms. The number of benzene rings is 1. The lowest BCUT2D eigenvalue weighted by Crippen LogP contribution is -2.25. The minimum absolute atomic E-state index is 0.149. The van der Waals surface area contributed by atoms with Crippen LogP contribution >= 0.6 is 0 Å². The zero-order valence-electron chi connectivity index (χ0n) is 12.6. The maximum Gasteiger partial charge on any atom is 0.270 e. The standard InChI is InChI=1S/C17H13N5O2/c23-16(14-8-4-7-13-9-10-19-22(13)14)18-11-15-20-21-17(24-15)12-5-2-1-3-6-12/h1-10H,11H2,(H,18,23). The van der Waals surface area contributed by atoms with Crippen molar-refractivity contribution in [3.8, 4) is 11.5 Å². The maximum absolute atomic E-state index is 12.3. The lowest BCUT2D eigenvalue weighted by molar-refractivity contribution is 0.0940. The molecule has 4 aromatic rings. The van der Waals surface area contributed by atoms with E-state index in [9.17, 15) is 4.79 Å². The van der Waals surface area contributed by atoms with E-state index < -0.39 is 0 Å². The Hall–Kier alpha value is -3.48. The number of pyridine rings is 1. The van der Waals surface area contributed by atoms with Crippen LogP contribution in [-0.4, -0.2) is 25.7 Å². The summed E-state index contributed by atoms with van der Waals surface area (Å²) in [5, 5.41) is 14.9. The number of nitrogens with zero attached hydrogens (tertiary/aromatic N) is 4. The molecular formula is C17H13N5O2. The second-order valence-corrected chi connectivity index (χ2v) is 5.13. The van der Waals surface area contributed by atoms with Gasteiger partial charge in [-0.3, -0.25) is 4.79 Å². The van der Waals surface area contributed by atoms with Crippen molar-refractivity contribution in [2.75, 3.05) is 0 Å². The molecule has 7 nitrogen and oxygen atoms in total. The molecular weight excluding hydrogens is 306 g/mol. The fourth-order valence-electron chi connectivity index (χ4n) is 2.39.